The Morgan fingerprint density at radius 1 is 0.430 bits per heavy atom. The van der Waals surface area contributed by atoms with E-state index in [1.165, 1.54) is 102 Å². The van der Waals surface area contributed by atoms with E-state index in [1.54, 1.807) is 115 Å². The fourth-order valence-corrected chi connectivity index (χ4v) is 16.7. The first-order chi connectivity index (χ1) is 53.8. The van der Waals surface area contributed by atoms with Gasteiger partial charge in [-0.05, 0) is 183 Å². The number of nitrogens with two attached hydrogens (primary N) is 1. The van der Waals surface area contributed by atoms with Gasteiger partial charge in [-0.2, -0.15) is 0 Å². The van der Waals surface area contributed by atoms with Crippen molar-refractivity contribution in [2.75, 3.05) is 32.4 Å². The highest BCUT2D eigenvalue weighted by Gasteiger charge is 2.35. The fraction of sp³-hybridized carbons (Fsp3) is 0.226. The maximum atomic E-state index is 15.2. The van der Waals surface area contributed by atoms with Gasteiger partial charge in [-0.3, -0.25) is 19.0 Å². The molecule has 0 aliphatic carbocycles. The molecule has 0 radical (unpaired) electrons. The van der Waals surface area contributed by atoms with Gasteiger partial charge in [0.1, 0.15) is 57.8 Å². The summed E-state index contributed by atoms with van der Waals surface area (Å²) in [5.74, 6) is -2.04. The number of hydrogen-bond acceptors (Lipinski definition) is 13. The lowest BCUT2D eigenvalue weighted by Gasteiger charge is -2.28. The van der Waals surface area contributed by atoms with Gasteiger partial charge < -0.3 is 29.8 Å². The van der Waals surface area contributed by atoms with Crippen molar-refractivity contribution in [3.05, 3.63) is 303 Å². The Bertz CT molecular complexity index is 5450. The summed E-state index contributed by atoms with van der Waals surface area (Å²) in [6.07, 6.45) is 4.53. The van der Waals surface area contributed by atoms with E-state index >= 15 is 4.39 Å². The number of nitrogens with zero attached hydrogens (tertiary/aromatic N) is 6. The van der Waals surface area contributed by atoms with Crippen LogP contribution < -0.4 is 25.3 Å². The first-order valence-electron chi connectivity index (χ1n) is 34.7. The number of carbonyl (C=O) groups is 2. The van der Waals surface area contributed by atoms with Crippen molar-refractivity contribution in [1.82, 2.24) is 28.7 Å². The molecule has 1 amide bonds. The number of halogens is 12. The molecule has 12 aromatic rings. The number of aromatic carboxylic acids is 1. The van der Waals surface area contributed by atoms with Gasteiger partial charge in [-0.15, -0.1) is 0 Å². The Kier molecular flexibility index (Phi) is 28.2. The molecule has 596 valence electrons. The SMILES string of the molecule is COc1cc(C(C)(C)c2cnc(SCc3c(F)cc(C(=O)O)cc3Cl)n2-c2ccc(F)cc2)ccc1Cl.COc1cc(C(C)(C)c2cnc(SCc3c(F)cc(N)cc3Cl)n2-c2ccc(F)cc2)ccc1Cl.COc1cc(C(C)(C)c2cnc(SCc3c(F)cc(NC(=O)OC(C)(C)C)cc3Cl)n2-c2ccc(F)cc2)ccc1Cl. The van der Waals surface area contributed by atoms with Crippen LogP contribution in [0.1, 0.15) is 123 Å². The molecule has 9 aromatic carbocycles. The summed E-state index contributed by atoms with van der Waals surface area (Å²) in [5.41, 5.74) is 11.5. The van der Waals surface area contributed by atoms with Crippen LogP contribution in [0.25, 0.3) is 17.1 Å². The summed E-state index contributed by atoms with van der Waals surface area (Å²) in [6, 6.07) is 42.5. The van der Waals surface area contributed by atoms with E-state index in [2.05, 4.69) is 34.1 Å². The maximum absolute atomic E-state index is 15.2. The number of imidazole rings is 3. The molecular weight excluding hydrogens is 1660 g/mol. The average molecular weight is 1730 g/mol. The van der Waals surface area contributed by atoms with Crippen LogP contribution in [-0.4, -0.2) is 72.8 Å². The molecular formula is C84H76Cl6F6N8O7S3. The molecule has 114 heavy (non-hydrogen) atoms. The van der Waals surface area contributed by atoms with Crippen molar-refractivity contribution < 1.29 is 60.0 Å². The molecule has 0 aliphatic heterocycles. The number of ether oxygens (including phenoxy) is 4. The van der Waals surface area contributed by atoms with Crippen LogP contribution in [0, 0.1) is 34.9 Å². The lowest BCUT2D eigenvalue weighted by Crippen LogP contribution is -2.27. The van der Waals surface area contributed by atoms with E-state index < -0.39 is 51.4 Å². The molecule has 12 rings (SSSR count). The van der Waals surface area contributed by atoms with Crippen LogP contribution in [0.4, 0.5) is 42.5 Å². The number of rotatable bonds is 23. The Morgan fingerprint density at radius 2 is 0.746 bits per heavy atom. The van der Waals surface area contributed by atoms with Crippen LogP contribution in [0.15, 0.2) is 198 Å². The molecule has 3 aromatic heterocycles. The van der Waals surface area contributed by atoms with Crippen molar-refractivity contribution in [1.29, 1.82) is 0 Å². The molecule has 30 heteroatoms. The van der Waals surface area contributed by atoms with Crippen LogP contribution in [0.5, 0.6) is 17.2 Å². The lowest BCUT2D eigenvalue weighted by atomic mass is 9.81. The summed E-state index contributed by atoms with van der Waals surface area (Å²) in [7, 11) is 4.67. The molecule has 0 fully saturated rings. The monoisotopic (exact) mass is 1730 g/mol. The minimum Gasteiger partial charge on any atom is -0.495 e. The van der Waals surface area contributed by atoms with E-state index in [-0.39, 0.29) is 77.8 Å². The van der Waals surface area contributed by atoms with Crippen LogP contribution >= 0.6 is 105 Å². The first-order valence-corrected chi connectivity index (χ1v) is 39.9. The summed E-state index contributed by atoms with van der Waals surface area (Å²) >= 11 is 41.5. The first kappa shape index (κ1) is 87.3. The topological polar surface area (TPSA) is 183 Å². The van der Waals surface area contributed by atoms with Crippen LogP contribution in [-0.2, 0) is 38.2 Å². The van der Waals surface area contributed by atoms with Gasteiger partial charge in [0, 0.05) is 93.7 Å². The molecule has 3 heterocycles. The number of nitrogens with one attached hydrogen (secondary N) is 1. The van der Waals surface area contributed by atoms with E-state index in [9.17, 15) is 31.5 Å². The van der Waals surface area contributed by atoms with E-state index in [4.69, 9.17) is 99.4 Å². The number of carbonyl (C=O) groups excluding carboxylic acids is 1. The van der Waals surface area contributed by atoms with Gasteiger partial charge in [-0.25, -0.2) is 50.9 Å². The Labute approximate surface area is 698 Å². The number of carboxylic acid groups (broad SMARTS) is 1. The third-order valence-electron chi connectivity index (χ3n) is 18.4. The number of hydrogen-bond donors (Lipinski definition) is 3. The lowest BCUT2D eigenvalue weighted by molar-refractivity contribution is 0.0634. The zero-order valence-corrected chi connectivity index (χ0v) is 70.3. The van der Waals surface area contributed by atoms with Crippen molar-refractivity contribution in [2.45, 2.75) is 117 Å². The molecule has 0 saturated heterocycles. The van der Waals surface area contributed by atoms with Crippen molar-refractivity contribution >= 4 is 128 Å². The molecule has 4 N–H and O–H groups in total. The number of methoxy groups -OCH3 is 3. The fourth-order valence-electron chi connectivity index (χ4n) is 12.0. The van der Waals surface area contributed by atoms with E-state index in [0.29, 0.717) is 64.7 Å². The standard InChI is InChI=1S/C31H31Cl2F2N3O3S.C27H22Cl2F2N2O3S.C26H23Cl2F2N3OS/c1-30(2,3)41-29(39)37-20-14-24(33)22(25(35)15-20)17-42-28-36-16-27(38(28)21-10-8-19(34)9-11-21)31(4,5)18-7-12-23(32)26(13-18)40-6;1-27(2,16-4-9-20(28)23(12-16)36-3)24-13-32-26(33(24)18-7-5-17(30)6-8-18)37-14-19-21(29)10-15(25(34)35)11-22(19)31;1-26(2,15-4-9-20(27)23(10-15)34-3)24-13-32-25(33(24)18-7-5-16(29)6-8-18)35-14-19-21(28)11-17(31)12-22(19)30/h7-16H,17H2,1-6H3,(H,37,39);4-13H,14H2,1-3H3,(H,34,35);4-13H,14,31H2,1-3H3. The van der Waals surface area contributed by atoms with Crippen LogP contribution in [0.2, 0.25) is 30.1 Å². The van der Waals surface area contributed by atoms with E-state index in [0.717, 1.165) is 45.5 Å². The predicted octanol–water partition coefficient (Wildman–Crippen LogP) is 24.9. The number of carboxylic acids is 1. The quantitative estimate of drug-likeness (QED) is 0.0312. The summed E-state index contributed by atoms with van der Waals surface area (Å²) in [5, 5.41) is 15.2. The van der Waals surface area contributed by atoms with Gasteiger partial charge in [0.05, 0.1) is 77.6 Å². The minimum atomic E-state index is -1.27. The largest absolute Gasteiger partial charge is 0.495 e. The predicted molar refractivity (Wildman–Crippen MR) is 445 cm³/mol. The highest BCUT2D eigenvalue weighted by atomic mass is 35.5. The number of anilines is 2. The molecule has 0 unspecified atom stereocenters. The highest BCUT2D eigenvalue weighted by Crippen LogP contribution is 2.45. The van der Waals surface area contributed by atoms with E-state index in [1.807, 2.05) is 77.8 Å². The number of aromatic nitrogens is 6. The number of nitrogen functional groups attached to an aromatic ring is 1. The Balaban J connectivity index is 0.000000182. The zero-order valence-electron chi connectivity index (χ0n) is 63.4. The van der Waals surface area contributed by atoms with Gasteiger partial charge in [0.2, 0.25) is 0 Å². The molecule has 0 spiro atoms. The van der Waals surface area contributed by atoms with Gasteiger partial charge in [-0.1, -0.05) is 165 Å². The number of amides is 1. The summed E-state index contributed by atoms with van der Waals surface area (Å²) in [6.45, 7) is 17.4. The van der Waals surface area contributed by atoms with Crippen LogP contribution in [0.3, 0.4) is 0 Å². The third-order valence-corrected chi connectivity index (χ3v) is 23.2. The van der Waals surface area contributed by atoms with Gasteiger partial charge in [0.25, 0.3) is 0 Å². The third kappa shape index (κ3) is 20.4. The maximum Gasteiger partial charge on any atom is 0.412 e. The van der Waals surface area contributed by atoms with Crippen molar-refractivity contribution in [3.63, 3.8) is 0 Å². The van der Waals surface area contributed by atoms with Gasteiger partial charge in [0.15, 0.2) is 15.5 Å². The second-order valence-electron chi connectivity index (χ2n) is 28.2. The van der Waals surface area contributed by atoms with Crippen molar-refractivity contribution in [2.24, 2.45) is 0 Å². The number of thioether (sulfide) groups is 3. The Hall–Kier alpha value is -9.08. The number of benzene rings is 9. The molecule has 15 nitrogen and oxygen atoms in total. The normalized spacial score (nSPS) is 11.7. The van der Waals surface area contributed by atoms with Crippen molar-refractivity contribution in [3.8, 4) is 34.3 Å². The Morgan fingerprint density at radius 3 is 1.04 bits per heavy atom. The molecule has 0 saturated carbocycles. The minimum absolute atomic E-state index is 0.0126. The highest BCUT2D eigenvalue weighted by molar-refractivity contribution is 7.98. The smallest absolute Gasteiger partial charge is 0.412 e. The molecule has 0 aliphatic rings. The second kappa shape index (κ2) is 36.8. The molecule has 0 atom stereocenters. The van der Waals surface area contributed by atoms with Gasteiger partial charge >= 0.3 is 12.1 Å². The zero-order chi connectivity index (χ0) is 83.1. The average Bonchev–Trinajstić information content (AvgIpc) is 1.59. The summed E-state index contributed by atoms with van der Waals surface area (Å²) < 4.78 is 113. The molecule has 0 bridgehead atoms. The summed E-state index contributed by atoms with van der Waals surface area (Å²) in [4.78, 5) is 37.2. The second-order valence-corrected chi connectivity index (χ2v) is 33.5.